The fourth-order valence-electron chi connectivity index (χ4n) is 3.77. The number of anilines is 1. The van der Waals surface area contributed by atoms with Crippen LogP contribution < -0.4 is 10.6 Å². The van der Waals surface area contributed by atoms with Crippen molar-refractivity contribution >= 4 is 17.3 Å². The van der Waals surface area contributed by atoms with Crippen LogP contribution in [0.4, 0.5) is 11.4 Å². The van der Waals surface area contributed by atoms with Crippen LogP contribution in [-0.4, -0.2) is 111 Å². The molecule has 0 radical (unpaired) electrons. The summed E-state index contributed by atoms with van der Waals surface area (Å²) in [5.41, 5.74) is 6.30. The molecule has 0 saturated carbocycles. The molecule has 1 aromatic rings. The van der Waals surface area contributed by atoms with Gasteiger partial charge in [0.25, 0.3) is 5.69 Å². The lowest BCUT2D eigenvalue weighted by Gasteiger charge is -2.34. The van der Waals surface area contributed by atoms with Crippen molar-refractivity contribution in [1.82, 2.24) is 14.7 Å². The number of carbonyl (C=O) groups excluding carboxylic acids is 1. The van der Waals surface area contributed by atoms with Crippen molar-refractivity contribution in [2.75, 3.05) is 90.0 Å². The van der Waals surface area contributed by atoms with Crippen molar-refractivity contribution < 1.29 is 9.72 Å². The molecule has 1 aliphatic rings. The number of nitrogens with two attached hydrogens (primary N) is 1. The van der Waals surface area contributed by atoms with Gasteiger partial charge in [0.15, 0.2) is 0 Å². The van der Waals surface area contributed by atoms with E-state index in [-0.39, 0.29) is 25.3 Å². The van der Waals surface area contributed by atoms with Gasteiger partial charge >= 0.3 is 0 Å². The van der Waals surface area contributed by atoms with E-state index in [1.54, 1.807) is 12.1 Å². The molecule has 0 bridgehead atoms. The second kappa shape index (κ2) is 14.2. The van der Waals surface area contributed by atoms with Crippen LogP contribution in [0.25, 0.3) is 0 Å². The van der Waals surface area contributed by atoms with Crippen LogP contribution in [0.1, 0.15) is 0 Å². The van der Waals surface area contributed by atoms with Crippen LogP contribution in [-0.2, 0) is 4.79 Å². The number of primary amides is 1. The van der Waals surface area contributed by atoms with E-state index in [2.05, 4.69) is 25.1 Å². The molecule has 1 amide bonds. The number of nitro groups is 1. The van der Waals surface area contributed by atoms with Gasteiger partial charge in [-0.15, -0.1) is 0 Å². The number of benzene rings is 1. The van der Waals surface area contributed by atoms with Crippen LogP contribution in [0.5, 0.6) is 0 Å². The standard InChI is InChI=1S/C20H32N8O5/c21-20(29)17-26-12-11-24(7-5-22-30)9-10-25(8-6-23-31)13-15-27(16-14-26)18-1-3-19(4-2-18)28(32)33/h1-4H,5-17H2,(H2,21,29). The molecule has 1 saturated heterocycles. The third-order valence-electron chi connectivity index (χ3n) is 5.66. The Kier molecular flexibility index (Phi) is 11.3. The Labute approximate surface area is 192 Å². The van der Waals surface area contributed by atoms with E-state index in [0.717, 1.165) is 5.69 Å². The third kappa shape index (κ3) is 9.55. The predicted molar refractivity (Wildman–Crippen MR) is 125 cm³/mol. The minimum absolute atomic E-state index is 0.0204. The van der Waals surface area contributed by atoms with E-state index in [4.69, 9.17) is 5.73 Å². The Balaban J connectivity index is 2.20. The summed E-state index contributed by atoms with van der Waals surface area (Å²) in [6.07, 6.45) is 0. The molecule has 13 heteroatoms. The van der Waals surface area contributed by atoms with Crippen molar-refractivity contribution in [2.45, 2.75) is 0 Å². The maximum absolute atomic E-state index is 11.6. The highest BCUT2D eigenvalue weighted by molar-refractivity contribution is 5.75. The Morgan fingerprint density at radius 3 is 1.76 bits per heavy atom. The van der Waals surface area contributed by atoms with Crippen LogP contribution in [0.15, 0.2) is 34.6 Å². The summed E-state index contributed by atoms with van der Waals surface area (Å²) in [7, 11) is 0. The van der Waals surface area contributed by atoms with Gasteiger partial charge in [-0.2, -0.15) is 9.81 Å². The molecular formula is C20H32N8O5. The summed E-state index contributed by atoms with van der Waals surface area (Å²) in [6, 6.07) is 6.38. The highest BCUT2D eigenvalue weighted by Gasteiger charge is 2.18. The Hall–Kier alpha value is -3.03. The monoisotopic (exact) mass is 464 g/mol. The molecule has 13 nitrogen and oxygen atoms in total. The fourth-order valence-corrected chi connectivity index (χ4v) is 3.77. The number of hydrogen-bond acceptors (Lipinski definition) is 11. The second-order valence-electron chi connectivity index (χ2n) is 7.89. The minimum Gasteiger partial charge on any atom is -0.369 e. The average molecular weight is 465 g/mol. The van der Waals surface area contributed by atoms with E-state index in [1.165, 1.54) is 12.1 Å². The highest BCUT2D eigenvalue weighted by Crippen LogP contribution is 2.19. The molecule has 1 fully saturated rings. The van der Waals surface area contributed by atoms with Gasteiger partial charge in [-0.3, -0.25) is 29.6 Å². The van der Waals surface area contributed by atoms with Crippen LogP contribution in [0, 0.1) is 19.9 Å². The number of non-ortho nitro benzene ring substituents is 1. The Bertz CT molecular complexity index is 778. The first kappa shape index (κ1) is 26.2. The zero-order valence-electron chi connectivity index (χ0n) is 18.8. The molecule has 0 unspecified atom stereocenters. The van der Waals surface area contributed by atoms with Crippen molar-refractivity contribution in [2.24, 2.45) is 16.1 Å². The molecule has 0 aliphatic carbocycles. The Morgan fingerprint density at radius 2 is 1.30 bits per heavy atom. The zero-order chi connectivity index (χ0) is 24.1. The SMILES string of the molecule is NC(=O)CN1CCN(CCN=O)CCN(CCN=O)CCN(c2ccc([N+](=O)[O-])cc2)CC1. The van der Waals surface area contributed by atoms with E-state index < -0.39 is 10.8 Å². The van der Waals surface area contributed by atoms with Gasteiger partial charge < -0.3 is 10.6 Å². The summed E-state index contributed by atoms with van der Waals surface area (Å²) in [5, 5.41) is 16.9. The molecule has 2 rings (SSSR count). The van der Waals surface area contributed by atoms with Gasteiger partial charge in [0.1, 0.15) is 0 Å². The van der Waals surface area contributed by atoms with Crippen LogP contribution in [0.2, 0.25) is 0 Å². The number of nitro benzene ring substituents is 1. The van der Waals surface area contributed by atoms with E-state index in [9.17, 15) is 24.7 Å². The minimum atomic E-state index is -0.436. The van der Waals surface area contributed by atoms with Crippen LogP contribution >= 0.6 is 0 Å². The van der Waals surface area contributed by atoms with Crippen molar-refractivity contribution in [3.05, 3.63) is 44.2 Å². The number of nitrogens with zero attached hydrogens (tertiary/aromatic N) is 7. The summed E-state index contributed by atoms with van der Waals surface area (Å²) in [4.78, 5) is 51.8. The lowest BCUT2D eigenvalue weighted by atomic mass is 10.2. The smallest absolute Gasteiger partial charge is 0.269 e. The summed E-state index contributed by atoms with van der Waals surface area (Å²) < 4.78 is 0. The van der Waals surface area contributed by atoms with E-state index in [1.807, 2.05) is 4.90 Å². The summed E-state index contributed by atoms with van der Waals surface area (Å²) in [6.45, 7) is 6.52. The quantitative estimate of drug-likeness (QED) is 0.293. The van der Waals surface area contributed by atoms with Crippen LogP contribution in [0.3, 0.4) is 0 Å². The van der Waals surface area contributed by atoms with Gasteiger partial charge in [-0.25, -0.2) is 0 Å². The Morgan fingerprint density at radius 1 is 0.848 bits per heavy atom. The van der Waals surface area contributed by atoms with Gasteiger partial charge in [0.05, 0.1) is 24.6 Å². The molecule has 0 spiro atoms. The second-order valence-corrected chi connectivity index (χ2v) is 7.89. The first-order chi connectivity index (χ1) is 15.9. The number of hydrogen-bond donors (Lipinski definition) is 1. The average Bonchev–Trinajstić information content (AvgIpc) is 2.79. The topological polar surface area (TPSA) is 158 Å². The molecule has 33 heavy (non-hydrogen) atoms. The highest BCUT2D eigenvalue weighted by atomic mass is 16.6. The summed E-state index contributed by atoms with van der Waals surface area (Å²) in [5.74, 6) is -0.419. The lowest BCUT2D eigenvalue weighted by Crippen LogP contribution is -2.48. The summed E-state index contributed by atoms with van der Waals surface area (Å²) >= 11 is 0. The lowest BCUT2D eigenvalue weighted by molar-refractivity contribution is -0.384. The number of carbonyl (C=O) groups is 1. The molecule has 2 N–H and O–H groups in total. The predicted octanol–water partition coefficient (Wildman–Crippen LogP) is 0.339. The van der Waals surface area contributed by atoms with E-state index >= 15 is 0 Å². The number of nitroso groups, excluding NO2 is 2. The van der Waals surface area contributed by atoms with Crippen molar-refractivity contribution in [1.29, 1.82) is 0 Å². The van der Waals surface area contributed by atoms with E-state index in [0.29, 0.717) is 65.4 Å². The molecule has 1 aromatic carbocycles. The maximum atomic E-state index is 11.6. The first-order valence-electron chi connectivity index (χ1n) is 11.0. The first-order valence-corrected chi connectivity index (χ1v) is 11.0. The van der Waals surface area contributed by atoms with Gasteiger partial charge in [0, 0.05) is 83.3 Å². The largest absolute Gasteiger partial charge is 0.369 e. The maximum Gasteiger partial charge on any atom is 0.269 e. The molecule has 1 heterocycles. The van der Waals surface area contributed by atoms with Crippen molar-refractivity contribution in [3.8, 4) is 0 Å². The fraction of sp³-hybridized carbons (Fsp3) is 0.650. The van der Waals surface area contributed by atoms with Gasteiger partial charge in [0.2, 0.25) is 5.91 Å². The zero-order valence-corrected chi connectivity index (χ0v) is 18.8. The normalized spacial score (nSPS) is 17.6. The molecule has 182 valence electrons. The molecule has 0 aromatic heterocycles. The van der Waals surface area contributed by atoms with Gasteiger partial charge in [-0.05, 0) is 12.1 Å². The van der Waals surface area contributed by atoms with Crippen molar-refractivity contribution in [3.63, 3.8) is 0 Å². The number of amides is 1. The molecule has 1 aliphatic heterocycles. The van der Waals surface area contributed by atoms with Gasteiger partial charge in [-0.1, -0.05) is 10.4 Å². The third-order valence-corrected chi connectivity index (χ3v) is 5.66. The molecular weight excluding hydrogens is 432 g/mol. The number of rotatable bonds is 10. The molecule has 0 atom stereocenters.